The molecule has 1 aromatic carbocycles. The lowest BCUT2D eigenvalue weighted by Gasteiger charge is -2.41. The Bertz CT molecular complexity index is 693. The van der Waals surface area contributed by atoms with Gasteiger partial charge < -0.3 is 9.64 Å². The number of rotatable bonds is 5. The molecule has 2 aromatic rings. The number of methoxy groups -OCH3 is 1. The van der Waals surface area contributed by atoms with Crippen LogP contribution in [0, 0.1) is 5.92 Å². The molecule has 1 saturated heterocycles. The van der Waals surface area contributed by atoms with Crippen LogP contribution in [-0.2, 0) is 6.42 Å². The van der Waals surface area contributed by atoms with Crippen LogP contribution in [-0.4, -0.2) is 34.7 Å². The van der Waals surface area contributed by atoms with E-state index in [1.54, 1.807) is 7.11 Å². The van der Waals surface area contributed by atoms with Crippen molar-refractivity contribution < 1.29 is 9.53 Å². The van der Waals surface area contributed by atoms with Gasteiger partial charge in [0, 0.05) is 12.2 Å². The third-order valence-corrected chi connectivity index (χ3v) is 4.24. The molecule has 1 aliphatic heterocycles. The highest BCUT2D eigenvalue weighted by molar-refractivity contribution is 5.93. The molecular weight excluding hydrogens is 290 g/mol. The maximum absolute atomic E-state index is 12.7. The normalized spacial score (nSPS) is 17.2. The number of nitrogens with zero attached hydrogens (tertiary/aromatic N) is 2. The van der Waals surface area contributed by atoms with E-state index < -0.39 is 0 Å². The van der Waals surface area contributed by atoms with Crippen LogP contribution in [0.2, 0.25) is 0 Å². The van der Waals surface area contributed by atoms with E-state index in [4.69, 9.17) is 4.74 Å². The summed E-state index contributed by atoms with van der Waals surface area (Å²) in [7, 11) is 1.66. The number of carbonyl (C=O) groups is 1. The predicted octanol–water partition coefficient (Wildman–Crippen LogP) is 3.20. The molecule has 23 heavy (non-hydrogen) atoms. The maximum Gasteiger partial charge on any atom is 0.274 e. The third kappa shape index (κ3) is 3.23. The quantitative estimate of drug-likeness (QED) is 0.922. The van der Waals surface area contributed by atoms with Crippen LogP contribution in [0.3, 0.4) is 0 Å². The van der Waals surface area contributed by atoms with Crippen molar-refractivity contribution in [1.82, 2.24) is 15.1 Å². The summed E-state index contributed by atoms with van der Waals surface area (Å²) >= 11 is 0. The molecule has 1 atom stereocenters. The zero-order valence-corrected chi connectivity index (χ0v) is 13.9. The molecule has 0 saturated carbocycles. The van der Waals surface area contributed by atoms with Gasteiger partial charge in [0.15, 0.2) is 0 Å². The molecule has 2 heterocycles. The van der Waals surface area contributed by atoms with E-state index in [1.165, 1.54) is 0 Å². The Morgan fingerprint density at radius 1 is 1.43 bits per heavy atom. The molecule has 0 aliphatic carbocycles. The Labute approximate surface area is 136 Å². The zero-order chi connectivity index (χ0) is 16.4. The smallest absolute Gasteiger partial charge is 0.274 e. The van der Waals surface area contributed by atoms with Crippen LogP contribution >= 0.6 is 0 Å². The van der Waals surface area contributed by atoms with Crippen LogP contribution < -0.4 is 4.74 Å². The van der Waals surface area contributed by atoms with Crippen molar-refractivity contribution in [3.8, 4) is 5.75 Å². The molecule has 1 amide bonds. The van der Waals surface area contributed by atoms with Crippen molar-refractivity contribution in [1.29, 1.82) is 0 Å². The maximum atomic E-state index is 12.7. The predicted molar refractivity (Wildman–Crippen MR) is 88.5 cm³/mol. The monoisotopic (exact) mass is 313 g/mol. The number of carbonyl (C=O) groups excluding carboxylic acids is 1. The number of amides is 1. The molecule has 122 valence electrons. The first-order valence-corrected chi connectivity index (χ1v) is 8.07. The second-order valence-corrected chi connectivity index (χ2v) is 6.46. The minimum atomic E-state index is -0.00433. The fraction of sp³-hybridized carbons (Fsp3) is 0.444. The van der Waals surface area contributed by atoms with Gasteiger partial charge in [0.1, 0.15) is 11.4 Å². The summed E-state index contributed by atoms with van der Waals surface area (Å²) in [5.41, 5.74) is 2.64. The molecule has 5 heteroatoms. The summed E-state index contributed by atoms with van der Waals surface area (Å²) in [6.07, 6.45) is 1.88. The van der Waals surface area contributed by atoms with Crippen molar-refractivity contribution in [3.05, 3.63) is 47.3 Å². The van der Waals surface area contributed by atoms with E-state index in [9.17, 15) is 4.79 Å². The molecule has 1 aromatic heterocycles. The fourth-order valence-electron chi connectivity index (χ4n) is 2.99. The molecule has 1 N–H and O–H groups in total. The number of aromatic nitrogens is 2. The summed E-state index contributed by atoms with van der Waals surface area (Å²) in [5.74, 6) is 1.35. The average molecular weight is 313 g/mol. The lowest BCUT2D eigenvalue weighted by molar-refractivity contribution is 0.0453. The van der Waals surface area contributed by atoms with Gasteiger partial charge in [-0.1, -0.05) is 26.0 Å². The highest BCUT2D eigenvalue weighted by Crippen LogP contribution is 2.35. The van der Waals surface area contributed by atoms with E-state index in [-0.39, 0.29) is 11.9 Å². The van der Waals surface area contributed by atoms with E-state index in [0.29, 0.717) is 11.6 Å². The molecule has 0 bridgehead atoms. The summed E-state index contributed by atoms with van der Waals surface area (Å²) in [4.78, 5) is 14.6. The largest absolute Gasteiger partial charge is 0.497 e. The van der Waals surface area contributed by atoms with Gasteiger partial charge in [-0.2, -0.15) is 5.10 Å². The minimum Gasteiger partial charge on any atom is -0.497 e. The standard InChI is InChI=1S/C18H23N3O2/c1-12(2)9-14-11-16(20-19-14)18(22)21-8-7-17(21)13-5-4-6-15(10-13)23-3/h4-6,10-12,17H,7-9H2,1-3H3,(H,19,20)/t17-/m0/s1. The highest BCUT2D eigenvalue weighted by Gasteiger charge is 2.35. The number of likely N-dealkylation sites (tertiary alicyclic amines) is 1. The van der Waals surface area contributed by atoms with Gasteiger partial charge in [0.2, 0.25) is 0 Å². The van der Waals surface area contributed by atoms with Crippen LogP contribution in [0.25, 0.3) is 0 Å². The second kappa shape index (κ2) is 6.44. The van der Waals surface area contributed by atoms with Crippen molar-refractivity contribution >= 4 is 5.91 Å². The van der Waals surface area contributed by atoms with E-state index in [1.807, 2.05) is 35.2 Å². The Hall–Kier alpha value is -2.30. The van der Waals surface area contributed by atoms with Gasteiger partial charge in [-0.15, -0.1) is 0 Å². The number of benzene rings is 1. The van der Waals surface area contributed by atoms with Crippen LogP contribution in [0.4, 0.5) is 0 Å². The Balaban J connectivity index is 1.73. The zero-order valence-electron chi connectivity index (χ0n) is 13.9. The van der Waals surface area contributed by atoms with Gasteiger partial charge in [-0.25, -0.2) is 0 Å². The summed E-state index contributed by atoms with van der Waals surface area (Å²) in [5, 5.41) is 7.17. The molecule has 0 unspecified atom stereocenters. The first-order valence-electron chi connectivity index (χ1n) is 8.07. The third-order valence-electron chi connectivity index (χ3n) is 4.24. The topological polar surface area (TPSA) is 58.2 Å². The number of hydrogen-bond acceptors (Lipinski definition) is 3. The van der Waals surface area contributed by atoms with E-state index in [0.717, 1.165) is 36.4 Å². The Morgan fingerprint density at radius 2 is 2.26 bits per heavy atom. The second-order valence-electron chi connectivity index (χ2n) is 6.46. The lowest BCUT2D eigenvalue weighted by Crippen LogP contribution is -2.45. The molecule has 5 nitrogen and oxygen atoms in total. The van der Waals surface area contributed by atoms with Crippen LogP contribution in [0.5, 0.6) is 5.75 Å². The SMILES string of the molecule is COc1cccc([C@@H]2CCN2C(=O)c2cc(CC(C)C)[nH]n2)c1. The first-order chi connectivity index (χ1) is 11.1. The van der Waals surface area contributed by atoms with Gasteiger partial charge in [0.05, 0.1) is 13.2 Å². The van der Waals surface area contributed by atoms with E-state index >= 15 is 0 Å². The van der Waals surface area contributed by atoms with Crippen molar-refractivity contribution in [2.75, 3.05) is 13.7 Å². The molecule has 1 fully saturated rings. The van der Waals surface area contributed by atoms with Gasteiger partial charge in [-0.3, -0.25) is 9.89 Å². The molecule has 0 radical (unpaired) electrons. The molecule has 0 spiro atoms. The number of nitrogens with one attached hydrogen (secondary N) is 1. The Kier molecular flexibility index (Phi) is 4.37. The highest BCUT2D eigenvalue weighted by atomic mass is 16.5. The molecule has 3 rings (SSSR count). The lowest BCUT2D eigenvalue weighted by atomic mass is 9.94. The number of H-pyrrole nitrogens is 1. The van der Waals surface area contributed by atoms with Crippen LogP contribution in [0.15, 0.2) is 30.3 Å². The first kappa shape index (κ1) is 15.6. The van der Waals surface area contributed by atoms with Gasteiger partial charge in [0.25, 0.3) is 5.91 Å². The van der Waals surface area contributed by atoms with E-state index in [2.05, 4.69) is 24.0 Å². The van der Waals surface area contributed by atoms with Gasteiger partial charge >= 0.3 is 0 Å². The van der Waals surface area contributed by atoms with Crippen molar-refractivity contribution in [2.45, 2.75) is 32.7 Å². The average Bonchev–Trinajstić information content (AvgIpc) is 2.94. The van der Waals surface area contributed by atoms with Crippen LogP contribution in [0.1, 0.15) is 48.1 Å². The summed E-state index contributed by atoms with van der Waals surface area (Å²) in [6.45, 7) is 5.07. The minimum absolute atomic E-state index is 0.00433. The molecular formula is C18H23N3O2. The summed E-state index contributed by atoms with van der Waals surface area (Å²) < 4.78 is 5.27. The Morgan fingerprint density at radius 3 is 2.91 bits per heavy atom. The number of ether oxygens (including phenoxy) is 1. The fourth-order valence-corrected chi connectivity index (χ4v) is 2.99. The van der Waals surface area contributed by atoms with Crippen molar-refractivity contribution in [3.63, 3.8) is 0 Å². The van der Waals surface area contributed by atoms with Crippen molar-refractivity contribution in [2.24, 2.45) is 5.92 Å². The number of hydrogen-bond donors (Lipinski definition) is 1. The molecule has 1 aliphatic rings. The van der Waals surface area contributed by atoms with Gasteiger partial charge in [-0.05, 0) is 42.5 Å². The summed E-state index contributed by atoms with van der Waals surface area (Å²) in [6, 6.07) is 9.91. The number of aromatic amines is 1.